The summed E-state index contributed by atoms with van der Waals surface area (Å²) in [6, 6.07) is 13.0. The molecule has 1 saturated heterocycles. The van der Waals surface area contributed by atoms with Gasteiger partial charge in [-0.05, 0) is 23.1 Å². The van der Waals surface area contributed by atoms with Crippen molar-refractivity contribution in [3.8, 4) is 11.5 Å². The topological polar surface area (TPSA) is 84.9 Å². The molecule has 156 valence electrons. The number of hydrogen-bond donors (Lipinski definition) is 1. The van der Waals surface area contributed by atoms with Crippen molar-refractivity contribution >= 4 is 32.6 Å². The van der Waals surface area contributed by atoms with Gasteiger partial charge in [0.1, 0.15) is 24.6 Å². The summed E-state index contributed by atoms with van der Waals surface area (Å²) in [6.45, 7) is -0.648. The highest BCUT2D eigenvalue weighted by Gasteiger charge is 2.38. The molecule has 0 bridgehead atoms. The lowest BCUT2D eigenvalue weighted by Gasteiger charge is -2.21. The minimum Gasteiger partial charge on any atom is -0.494 e. The largest absolute Gasteiger partial charge is 0.494 e. The number of carbonyl (C=O) groups is 1. The summed E-state index contributed by atoms with van der Waals surface area (Å²) < 4.78 is 67.9. The van der Waals surface area contributed by atoms with Crippen molar-refractivity contribution in [3.05, 3.63) is 65.7 Å². The first-order valence-corrected chi connectivity index (χ1v) is 10.2. The molecule has 0 aromatic heterocycles. The van der Waals surface area contributed by atoms with Crippen molar-refractivity contribution < 1.29 is 31.5 Å². The molecular formula is C20H16F2N2O5S. The number of carbonyl (C=O) groups excluding carboxylic acids is 1. The van der Waals surface area contributed by atoms with Gasteiger partial charge in [0.25, 0.3) is 5.91 Å². The lowest BCUT2D eigenvalue weighted by Crippen LogP contribution is -2.30. The molecule has 7 nitrogen and oxygen atoms in total. The lowest BCUT2D eigenvalue weighted by molar-refractivity contribution is -0.117. The van der Waals surface area contributed by atoms with Crippen LogP contribution in [0.25, 0.3) is 10.8 Å². The highest BCUT2D eigenvalue weighted by molar-refractivity contribution is 7.92. The average Bonchev–Trinajstić information content (AvgIpc) is 2.99. The van der Waals surface area contributed by atoms with Gasteiger partial charge in [0, 0.05) is 0 Å². The zero-order valence-electron chi connectivity index (χ0n) is 15.7. The Bertz CT molecular complexity index is 1250. The number of benzene rings is 3. The number of hydrogen-bond acceptors (Lipinski definition) is 5. The molecule has 1 N–H and O–H groups in total. The van der Waals surface area contributed by atoms with Gasteiger partial charge in [-0.15, -0.1) is 0 Å². The van der Waals surface area contributed by atoms with Crippen LogP contribution in [0.1, 0.15) is 5.56 Å². The van der Waals surface area contributed by atoms with E-state index >= 15 is 4.39 Å². The van der Waals surface area contributed by atoms with Crippen LogP contribution in [0.4, 0.5) is 14.5 Å². The minimum atomic E-state index is -4.35. The number of nitrogens with one attached hydrogen (secondary N) is 1. The molecule has 30 heavy (non-hydrogen) atoms. The summed E-state index contributed by atoms with van der Waals surface area (Å²) >= 11 is 0. The first-order valence-electron chi connectivity index (χ1n) is 8.80. The van der Waals surface area contributed by atoms with E-state index in [0.29, 0.717) is 4.31 Å². The van der Waals surface area contributed by atoms with Crippen molar-refractivity contribution in [2.75, 3.05) is 18.0 Å². The first kappa shape index (κ1) is 19.9. The molecule has 1 aliphatic heterocycles. The number of rotatable bonds is 5. The van der Waals surface area contributed by atoms with Crippen LogP contribution in [0.5, 0.6) is 11.5 Å². The van der Waals surface area contributed by atoms with Crippen LogP contribution in [-0.4, -0.2) is 28.0 Å². The summed E-state index contributed by atoms with van der Waals surface area (Å²) in [4.78, 5) is 11.7. The van der Waals surface area contributed by atoms with Gasteiger partial charge in [0.2, 0.25) is 0 Å². The maximum Gasteiger partial charge on any atom is 0.326 e. The summed E-state index contributed by atoms with van der Waals surface area (Å²) in [6.07, 6.45) is 0. The van der Waals surface area contributed by atoms with E-state index in [-0.39, 0.29) is 23.5 Å². The average molecular weight is 434 g/mol. The fourth-order valence-corrected chi connectivity index (χ4v) is 4.39. The molecule has 0 radical (unpaired) electrons. The van der Waals surface area contributed by atoms with E-state index in [1.54, 1.807) is 29.0 Å². The molecule has 1 amide bonds. The van der Waals surface area contributed by atoms with Gasteiger partial charge in [0.05, 0.1) is 12.5 Å². The fourth-order valence-electron chi connectivity index (χ4n) is 3.23. The van der Waals surface area contributed by atoms with Crippen LogP contribution in [0.3, 0.4) is 0 Å². The molecule has 0 atom stereocenters. The predicted molar refractivity (Wildman–Crippen MR) is 106 cm³/mol. The van der Waals surface area contributed by atoms with E-state index in [1.807, 2.05) is 6.07 Å². The number of amides is 1. The summed E-state index contributed by atoms with van der Waals surface area (Å²) in [5.41, 5.74) is 0.201. The Balaban J connectivity index is 1.91. The second-order valence-corrected chi connectivity index (χ2v) is 8.12. The van der Waals surface area contributed by atoms with Crippen LogP contribution < -0.4 is 18.5 Å². The molecule has 1 fully saturated rings. The van der Waals surface area contributed by atoms with E-state index < -0.39 is 45.4 Å². The molecule has 0 saturated carbocycles. The second kappa shape index (κ2) is 7.45. The normalized spacial score (nSPS) is 15.3. The molecular weight excluding hydrogens is 418 g/mol. The second-order valence-electron chi connectivity index (χ2n) is 6.53. The van der Waals surface area contributed by atoms with Gasteiger partial charge < -0.3 is 9.47 Å². The predicted octanol–water partition coefficient (Wildman–Crippen LogP) is 2.89. The van der Waals surface area contributed by atoms with E-state index in [4.69, 9.17) is 9.47 Å². The third-order valence-electron chi connectivity index (χ3n) is 4.61. The number of nitrogens with zero attached hydrogens (tertiary/aromatic N) is 1. The van der Waals surface area contributed by atoms with Crippen molar-refractivity contribution in [2.24, 2.45) is 0 Å². The monoisotopic (exact) mass is 434 g/mol. The van der Waals surface area contributed by atoms with E-state index in [2.05, 4.69) is 0 Å². The molecule has 4 rings (SSSR count). The fraction of sp³-hybridized carbons (Fsp3) is 0.150. The molecule has 0 unspecified atom stereocenters. The number of methoxy groups -OCH3 is 1. The van der Waals surface area contributed by atoms with Gasteiger partial charge in [0.15, 0.2) is 17.4 Å². The van der Waals surface area contributed by atoms with Crippen LogP contribution in [0.2, 0.25) is 0 Å². The third-order valence-corrected chi connectivity index (χ3v) is 5.99. The van der Waals surface area contributed by atoms with Crippen molar-refractivity contribution in [2.45, 2.75) is 6.61 Å². The highest BCUT2D eigenvalue weighted by atomic mass is 32.2. The van der Waals surface area contributed by atoms with Crippen LogP contribution in [0, 0.1) is 11.6 Å². The molecule has 10 heteroatoms. The molecule has 1 heterocycles. The SMILES string of the molecule is COc1ccc2cc(OCc3ccccc3)c(N3CC(=O)NS3(=O)=O)c(F)c2c1F. The highest BCUT2D eigenvalue weighted by Crippen LogP contribution is 2.41. The molecule has 3 aromatic carbocycles. The maximum atomic E-state index is 15.5. The minimum absolute atomic E-state index is 0.00663. The Labute approximate surface area is 171 Å². The third kappa shape index (κ3) is 3.39. The Morgan fingerprint density at radius 3 is 2.43 bits per heavy atom. The number of anilines is 1. The number of halogens is 2. The van der Waals surface area contributed by atoms with Crippen LogP contribution >= 0.6 is 0 Å². The summed E-state index contributed by atoms with van der Waals surface area (Å²) in [5, 5.41) is -0.320. The molecule has 1 aliphatic rings. The van der Waals surface area contributed by atoms with E-state index in [1.165, 1.54) is 25.3 Å². The van der Waals surface area contributed by atoms with Crippen molar-refractivity contribution in [1.29, 1.82) is 0 Å². The quantitative estimate of drug-likeness (QED) is 0.668. The standard InChI is InChI=1S/C20H16F2N2O5S/c1-28-14-8-7-13-9-15(29-11-12-5-3-2-4-6-12)20(19(22)17(13)18(14)21)24-10-16(25)23-30(24,26)27/h2-9H,10-11H2,1H3,(H,23,25). The molecule has 0 spiro atoms. The van der Waals surface area contributed by atoms with Gasteiger partial charge in [-0.2, -0.15) is 8.42 Å². The van der Waals surface area contributed by atoms with E-state index in [9.17, 15) is 17.6 Å². The Hall–Kier alpha value is -3.40. The summed E-state index contributed by atoms with van der Waals surface area (Å²) in [5.74, 6) is -3.35. The molecule has 3 aromatic rings. The number of ether oxygens (including phenoxy) is 2. The zero-order valence-corrected chi connectivity index (χ0v) is 16.5. The van der Waals surface area contributed by atoms with Gasteiger partial charge in [-0.25, -0.2) is 17.8 Å². The zero-order chi connectivity index (χ0) is 21.5. The van der Waals surface area contributed by atoms with Gasteiger partial charge in [-0.1, -0.05) is 36.4 Å². The van der Waals surface area contributed by atoms with Crippen LogP contribution in [-0.2, 0) is 21.6 Å². The van der Waals surface area contributed by atoms with Gasteiger partial charge in [-0.3, -0.25) is 4.79 Å². The smallest absolute Gasteiger partial charge is 0.326 e. The van der Waals surface area contributed by atoms with Crippen LogP contribution in [0.15, 0.2) is 48.5 Å². The maximum absolute atomic E-state index is 15.5. The lowest BCUT2D eigenvalue weighted by atomic mass is 10.1. The van der Waals surface area contributed by atoms with Gasteiger partial charge >= 0.3 is 10.2 Å². The van der Waals surface area contributed by atoms with E-state index in [0.717, 1.165) is 5.56 Å². The molecule has 0 aliphatic carbocycles. The number of fused-ring (bicyclic) bond motifs is 1. The van der Waals surface area contributed by atoms with Crippen molar-refractivity contribution in [3.63, 3.8) is 0 Å². The Kier molecular flexibility index (Phi) is 4.94. The summed E-state index contributed by atoms with van der Waals surface area (Å²) in [7, 11) is -3.12. The first-order chi connectivity index (χ1) is 14.3. The van der Waals surface area contributed by atoms with Crippen molar-refractivity contribution in [1.82, 2.24) is 4.72 Å². The Morgan fingerprint density at radius 2 is 1.80 bits per heavy atom. The Morgan fingerprint density at radius 1 is 1.07 bits per heavy atom.